The van der Waals surface area contributed by atoms with E-state index in [1.54, 1.807) is 0 Å². The molecule has 5 nitrogen and oxygen atoms in total. The molecule has 2 heterocycles. The Bertz CT molecular complexity index is 535. The highest BCUT2D eigenvalue weighted by atomic mass is 79.9. The molecule has 1 unspecified atom stereocenters. The van der Waals surface area contributed by atoms with E-state index < -0.39 is 0 Å². The third-order valence-corrected chi connectivity index (χ3v) is 4.17. The van der Waals surface area contributed by atoms with Gasteiger partial charge in [-0.2, -0.15) is 0 Å². The smallest absolute Gasteiger partial charge is 0.127 e. The van der Waals surface area contributed by atoms with Crippen molar-refractivity contribution in [3.8, 4) is 5.75 Å². The summed E-state index contributed by atoms with van der Waals surface area (Å²) in [6, 6.07) is 4.24. The topological polar surface area (TPSA) is 71.6 Å². The van der Waals surface area contributed by atoms with Gasteiger partial charge in [0.15, 0.2) is 0 Å². The molecule has 0 aromatic heterocycles. The van der Waals surface area contributed by atoms with Gasteiger partial charge in [-0.15, -0.1) is 0 Å². The molecule has 1 fully saturated rings. The Kier molecular flexibility index (Phi) is 3.96. The van der Waals surface area contributed by atoms with Gasteiger partial charge in [0.2, 0.25) is 0 Å². The van der Waals surface area contributed by atoms with Crippen LogP contribution in [-0.2, 0) is 17.7 Å². The molecule has 20 heavy (non-hydrogen) atoms. The first-order chi connectivity index (χ1) is 9.63. The van der Waals surface area contributed by atoms with Gasteiger partial charge in [-0.3, -0.25) is 10.3 Å². The second-order valence-corrected chi connectivity index (χ2v) is 6.12. The second kappa shape index (κ2) is 5.71. The maximum atomic E-state index is 7.51. The summed E-state index contributed by atoms with van der Waals surface area (Å²) in [5.41, 5.74) is 8.00. The zero-order valence-corrected chi connectivity index (χ0v) is 12.8. The van der Waals surface area contributed by atoms with E-state index in [1.165, 1.54) is 11.1 Å². The Hall–Kier alpha value is -1.11. The van der Waals surface area contributed by atoms with Gasteiger partial charge in [-0.1, -0.05) is 15.9 Å². The van der Waals surface area contributed by atoms with Crippen molar-refractivity contribution in [1.82, 2.24) is 4.90 Å². The fourth-order valence-corrected chi connectivity index (χ4v) is 3.29. The number of hydrogen-bond donors (Lipinski definition) is 2. The van der Waals surface area contributed by atoms with Crippen LogP contribution < -0.4 is 10.5 Å². The minimum absolute atomic E-state index is 0.102. The summed E-state index contributed by atoms with van der Waals surface area (Å²) in [5, 5.41) is 7.51. The minimum Gasteiger partial charge on any atom is -0.493 e. The monoisotopic (exact) mass is 339 g/mol. The number of benzene rings is 1. The van der Waals surface area contributed by atoms with Gasteiger partial charge >= 0.3 is 0 Å². The molecule has 0 bridgehead atoms. The van der Waals surface area contributed by atoms with Gasteiger partial charge in [0.05, 0.1) is 13.2 Å². The summed E-state index contributed by atoms with van der Waals surface area (Å²) in [6.45, 7) is 3.69. The fourth-order valence-electron chi connectivity index (χ4n) is 2.74. The first-order valence-electron chi connectivity index (χ1n) is 6.75. The van der Waals surface area contributed by atoms with Crippen LogP contribution in [0.15, 0.2) is 16.6 Å². The molecule has 0 spiro atoms. The number of nitrogens with zero attached hydrogens (tertiary/aromatic N) is 1. The fraction of sp³-hybridized carbons (Fsp3) is 0.500. The van der Waals surface area contributed by atoms with Gasteiger partial charge in [-0.05, 0) is 17.7 Å². The van der Waals surface area contributed by atoms with E-state index in [9.17, 15) is 0 Å². The van der Waals surface area contributed by atoms with Crippen molar-refractivity contribution in [3.63, 3.8) is 0 Å². The quantitative estimate of drug-likeness (QED) is 0.647. The average molecular weight is 340 g/mol. The molecule has 6 heteroatoms. The van der Waals surface area contributed by atoms with Crippen LogP contribution >= 0.6 is 15.9 Å². The number of hydrogen-bond acceptors (Lipinski definition) is 4. The van der Waals surface area contributed by atoms with Gasteiger partial charge < -0.3 is 15.2 Å². The molecule has 0 aliphatic carbocycles. The Balaban J connectivity index is 1.76. The Morgan fingerprint density at radius 2 is 2.30 bits per heavy atom. The molecule has 2 aliphatic heterocycles. The predicted octanol–water partition coefficient (Wildman–Crippen LogP) is 1.52. The molecular formula is C14H18BrN3O2. The third-order valence-electron chi connectivity index (χ3n) is 3.72. The lowest BCUT2D eigenvalue weighted by molar-refractivity contribution is 0.00212. The highest BCUT2D eigenvalue weighted by molar-refractivity contribution is 9.10. The SMILES string of the molecule is N=C(N)C1CN(Cc2cc(Br)cc3c2OCC3)CCO1. The molecule has 1 aromatic carbocycles. The normalized spacial score (nSPS) is 22.4. The number of morpholine rings is 1. The lowest BCUT2D eigenvalue weighted by Crippen LogP contribution is -2.47. The molecule has 0 radical (unpaired) electrons. The second-order valence-electron chi connectivity index (χ2n) is 5.20. The number of amidine groups is 1. The van der Waals surface area contributed by atoms with Crippen molar-refractivity contribution in [2.24, 2.45) is 5.73 Å². The molecule has 0 amide bonds. The Labute approximate surface area is 126 Å². The van der Waals surface area contributed by atoms with Crippen LogP contribution in [0, 0.1) is 5.41 Å². The number of rotatable bonds is 3. The Morgan fingerprint density at radius 3 is 3.10 bits per heavy atom. The van der Waals surface area contributed by atoms with E-state index in [1.807, 2.05) is 0 Å². The number of halogens is 1. The lowest BCUT2D eigenvalue weighted by Gasteiger charge is -2.32. The van der Waals surface area contributed by atoms with Crippen LogP contribution in [-0.4, -0.2) is 43.1 Å². The standard InChI is InChI=1S/C14H18BrN3O2/c15-11-5-9-1-3-20-13(9)10(6-11)7-18-2-4-19-12(8-18)14(16)17/h5-6,12H,1-4,7-8H2,(H3,16,17). The molecule has 108 valence electrons. The van der Waals surface area contributed by atoms with Gasteiger partial charge in [0.25, 0.3) is 0 Å². The minimum atomic E-state index is -0.287. The van der Waals surface area contributed by atoms with Crippen molar-refractivity contribution in [3.05, 3.63) is 27.7 Å². The molecule has 1 atom stereocenters. The average Bonchev–Trinajstić information content (AvgIpc) is 2.87. The zero-order valence-electron chi connectivity index (χ0n) is 11.2. The molecule has 2 aliphatic rings. The third kappa shape index (κ3) is 2.82. The summed E-state index contributed by atoms with van der Waals surface area (Å²) in [4.78, 5) is 2.26. The van der Waals surface area contributed by atoms with E-state index in [-0.39, 0.29) is 11.9 Å². The largest absolute Gasteiger partial charge is 0.493 e. The molecule has 1 aromatic rings. The van der Waals surface area contributed by atoms with E-state index in [0.29, 0.717) is 13.2 Å². The first kappa shape index (κ1) is 13.9. The van der Waals surface area contributed by atoms with Crippen LogP contribution in [0.25, 0.3) is 0 Å². The van der Waals surface area contributed by atoms with Gasteiger partial charge in [0, 0.05) is 36.1 Å². The van der Waals surface area contributed by atoms with E-state index >= 15 is 0 Å². The van der Waals surface area contributed by atoms with Crippen LogP contribution in [0.1, 0.15) is 11.1 Å². The molecule has 3 N–H and O–H groups in total. The van der Waals surface area contributed by atoms with Crippen molar-refractivity contribution in [2.75, 3.05) is 26.3 Å². The maximum absolute atomic E-state index is 7.51. The predicted molar refractivity (Wildman–Crippen MR) is 80.3 cm³/mol. The number of nitrogens with one attached hydrogen (secondary N) is 1. The zero-order chi connectivity index (χ0) is 14.1. The molecule has 3 rings (SSSR count). The van der Waals surface area contributed by atoms with Crippen molar-refractivity contribution in [1.29, 1.82) is 5.41 Å². The molecular weight excluding hydrogens is 322 g/mol. The van der Waals surface area contributed by atoms with E-state index in [2.05, 4.69) is 33.0 Å². The van der Waals surface area contributed by atoms with Gasteiger partial charge in [-0.25, -0.2) is 0 Å². The summed E-state index contributed by atoms with van der Waals surface area (Å²) >= 11 is 3.56. The van der Waals surface area contributed by atoms with E-state index in [4.69, 9.17) is 20.6 Å². The number of nitrogens with two attached hydrogens (primary N) is 1. The molecule has 0 saturated carbocycles. The summed E-state index contributed by atoms with van der Waals surface area (Å²) in [6.07, 6.45) is 0.686. The highest BCUT2D eigenvalue weighted by Gasteiger charge is 2.25. The number of ether oxygens (including phenoxy) is 2. The highest BCUT2D eigenvalue weighted by Crippen LogP contribution is 2.33. The first-order valence-corrected chi connectivity index (χ1v) is 7.55. The maximum Gasteiger partial charge on any atom is 0.127 e. The number of fused-ring (bicyclic) bond motifs is 1. The van der Waals surface area contributed by atoms with Crippen LogP contribution in [0.2, 0.25) is 0 Å². The lowest BCUT2D eigenvalue weighted by atomic mass is 10.1. The van der Waals surface area contributed by atoms with E-state index in [0.717, 1.165) is 36.3 Å². The van der Waals surface area contributed by atoms with Crippen LogP contribution in [0.4, 0.5) is 0 Å². The Morgan fingerprint density at radius 1 is 1.45 bits per heavy atom. The van der Waals surface area contributed by atoms with Crippen molar-refractivity contribution in [2.45, 2.75) is 19.1 Å². The van der Waals surface area contributed by atoms with Crippen LogP contribution in [0.3, 0.4) is 0 Å². The van der Waals surface area contributed by atoms with Crippen molar-refractivity contribution >= 4 is 21.8 Å². The van der Waals surface area contributed by atoms with Gasteiger partial charge in [0.1, 0.15) is 17.7 Å². The molecule has 1 saturated heterocycles. The summed E-state index contributed by atoms with van der Waals surface area (Å²) < 4.78 is 12.3. The summed E-state index contributed by atoms with van der Waals surface area (Å²) in [7, 11) is 0. The van der Waals surface area contributed by atoms with Crippen LogP contribution in [0.5, 0.6) is 5.75 Å². The van der Waals surface area contributed by atoms with Crippen molar-refractivity contribution < 1.29 is 9.47 Å². The summed E-state index contributed by atoms with van der Waals surface area (Å²) in [5.74, 6) is 1.13.